The number of halogens is 1. The zero-order valence-electron chi connectivity index (χ0n) is 13.2. The van der Waals surface area contributed by atoms with Crippen LogP contribution in [0.15, 0.2) is 18.2 Å². The normalized spacial score (nSPS) is 27.9. The highest BCUT2D eigenvalue weighted by Crippen LogP contribution is 2.58. The van der Waals surface area contributed by atoms with Crippen LogP contribution in [-0.4, -0.2) is 19.0 Å². The van der Waals surface area contributed by atoms with Gasteiger partial charge in [-0.05, 0) is 68.7 Å². The molecule has 22 heavy (non-hydrogen) atoms. The summed E-state index contributed by atoms with van der Waals surface area (Å²) in [5.41, 5.74) is 4.42. The molecule has 120 valence electrons. The number of hydrogen-bond acceptors (Lipinski definition) is 2. The van der Waals surface area contributed by atoms with E-state index in [-0.39, 0.29) is 24.4 Å². The van der Waals surface area contributed by atoms with Crippen molar-refractivity contribution < 1.29 is 4.79 Å². The van der Waals surface area contributed by atoms with Gasteiger partial charge in [0.25, 0.3) is 0 Å². The summed E-state index contributed by atoms with van der Waals surface area (Å²) in [6.45, 7) is 4.29. The average Bonchev–Trinajstić information content (AvgIpc) is 3.03. The lowest BCUT2D eigenvalue weighted by Gasteiger charge is -2.24. The van der Waals surface area contributed by atoms with Crippen LogP contribution < -0.4 is 10.6 Å². The van der Waals surface area contributed by atoms with Crippen molar-refractivity contribution in [2.24, 2.45) is 11.3 Å². The summed E-state index contributed by atoms with van der Waals surface area (Å²) in [5, 5.41) is 6.73. The molecule has 3 nitrogen and oxygen atoms in total. The van der Waals surface area contributed by atoms with Crippen LogP contribution in [0.25, 0.3) is 0 Å². The van der Waals surface area contributed by atoms with Gasteiger partial charge in [0.05, 0.1) is 6.04 Å². The van der Waals surface area contributed by atoms with Gasteiger partial charge in [-0.3, -0.25) is 4.79 Å². The number of hydrogen-bond donors (Lipinski definition) is 2. The minimum atomic E-state index is 0. The molecule has 2 atom stereocenters. The van der Waals surface area contributed by atoms with Crippen molar-refractivity contribution >= 4 is 18.3 Å². The van der Waals surface area contributed by atoms with Crippen molar-refractivity contribution in [2.75, 3.05) is 13.1 Å². The van der Waals surface area contributed by atoms with Gasteiger partial charge in [0.2, 0.25) is 5.91 Å². The van der Waals surface area contributed by atoms with E-state index in [1.54, 1.807) is 0 Å². The van der Waals surface area contributed by atoms with E-state index in [1.165, 1.54) is 29.5 Å². The van der Waals surface area contributed by atoms with Crippen LogP contribution in [0.4, 0.5) is 0 Å². The minimum absolute atomic E-state index is 0. The van der Waals surface area contributed by atoms with Gasteiger partial charge in [0, 0.05) is 5.92 Å². The van der Waals surface area contributed by atoms with E-state index in [0.29, 0.717) is 11.3 Å². The molecule has 1 spiro atoms. The molecule has 0 bridgehead atoms. The van der Waals surface area contributed by atoms with E-state index < -0.39 is 0 Å². The predicted molar refractivity (Wildman–Crippen MR) is 90.3 cm³/mol. The maximum atomic E-state index is 12.6. The number of aryl methyl sites for hydroxylation is 2. The Labute approximate surface area is 138 Å². The van der Waals surface area contributed by atoms with Gasteiger partial charge in [0.15, 0.2) is 0 Å². The molecule has 0 aromatic heterocycles. The van der Waals surface area contributed by atoms with E-state index in [1.807, 2.05) is 0 Å². The number of nitrogens with one attached hydrogen (secondary N) is 2. The van der Waals surface area contributed by atoms with Crippen LogP contribution in [-0.2, 0) is 11.2 Å². The molecule has 3 aliphatic rings. The van der Waals surface area contributed by atoms with Crippen molar-refractivity contribution in [3.63, 3.8) is 0 Å². The second-order valence-electron chi connectivity index (χ2n) is 7.17. The molecule has 4 rings (SSSR count). The monoisotopic (exact) mass is 320 g/mol. The van der Waals surface area contributed by atoms with Crippen molar-refractivity contribution in [1.82, 2.24) is 10.6 Å². The number of carbonyl (C=O) groups excluding carboxylic acids is 1. The highest BCUT2D eigenvalue weighted by Gasteiger charge is 2.57. The third-order valence-corrected chi connectivity index (χ3v) is 5.80. The summed E-state index contributed by atoms with van der Waals surface area (Å²) in [7, 11) is 0. The molecule has 2 aliphatic carbocycles. The molecule has 4 heteroatoms. The summed E-state index contributed by atoms with van der Waals surface area (Å²) >= 11 is 0. The van der Waals surface area contributed by atoms with Gasteiger partial charge in [-0.1, -0.05) is 23.8 Å². The Morgan fingerprint density at radius 1 is 1.32 bits per heavy atom. The molecule has 1 aromatic carbocycles. The van der Waals surface area contributed by atoms with Crippen LogP contribution >= 0.6 is 12.4 Å². The first-order chi connectivity index (χ1) is 10.2. The number of benzene rings is 1. The topological polar surface area (TPSA) is 41.1 Å². The van der Waals surface area contributed by atoms with Crippen molar-refractivity contribution in [3.8, 4) is 0 Å². The third-order valence-electron chi connectivity index (χ3n) is 5.80. The molecule has 2 N–H and O–H groups in total. The van der Waals surface area contributed by atoms with Crippen molar-refractivity contribution in [2.45, 2.75) is 45.1 Å². The fraction of sp³-hybridized carbons (Fsp3) is 0.611. The Kier molecular flexibility index (Phi) is 4.21. The number of amides is 1. The van der Waals surface area contributed by atoms with Gasteiger partial charge in [-0.25, -0.2) is 0 Å². The highest BCUT2D eigenvalue weighted by molar-refractivity contribution is 5.85. The molecule has 2 fully saturated rings. The van der Waals surface area contributed by atoms with E-state index in [9.17, 15) is 4.79 Å². The lowest BCUT2D eigenvalue weighted by molar-refractivity contribution is -0.124. The molecular formula is C18H25ClN2O. The van der Waals surface area contributed by atoms with E-state index >= 15 is 0 Å². The first-order valence-corrected chi connectivity index (χ1v) is 8.28. The Hall–Kier alpha value is -1.06. The summed E-state index contributed by atoms with van der Waals surface area (Å²) < 4.78 is 0. The molecular weight excluding hydrogens is 296 g/mol. The number of rotatable bonds is 2. The van der Waals surface area contributed by atoms with Crippen molar-refractivity contribution in [3.05, 3.63) is 34.9 Å². The number of fused-ring (bicyclic) bond motifs is 1. The van der Waals surface area contributed by atoms with Crippen LogP contribution in [0.2, 0.25) is 0 Å². The van der Waals surface area contributed by atoms with Gasteiger partial charge < -0.3 is 10.6 Å². The quantitative estimate of drug-likeness (QED) is 0.879. The zero-order chi connectivity index (χ0) is 14.4. The fourth-order valence-corrected chi connectivity index (χ4v) is 4.36. The second-order valence-corrected chi connectivity index (χ2v) is 7.17. The van der Waals surface area contributed by atoms with Gasteiger partial charge >= 0.3 is 0 Å². The van der Waals surface area contributed by atoms with Crippen LogP contribution in [0.5, 0.6) is 0 Å². The molecule has 1 saturated carbocycles. The summed E-state index contributed by atoms with van der Waals surface area (Å²) in [5.74, 6) is 0.574. The van der Waals surface area contributed by atoms with Gasteiger partial charge in [0.1, 0.15) is 0 Å². The molecule has 2 unspecified atom stereocenters. The lowest BCUT2D eigenvalue weighted by atomic mass is 9.91. The third kappa shape index (κ3) is 2.65. The molecule has 0 radical (unpaired) electrons. The number of carbonyl (C=O) groups is 1. The molecule has 1 amide bonds. The first kappa shape index (κ1) is 15.8. The van der Waals surface area contributed by atoms with Gasteiger partial charge in [-0.2, -0.15) is 0 Å². The molecule has 1 saturated heterocycles. The molecule has 1 heterocycles. The average molecular weight is 321 g/mol. The smallest absolute Gasteiger partial charge is 0.224 e. The van der Waals surface area contributed by atoms with Gasteiger partial charge in [-0.15, -0.1) is 12.4 Å². The van der Waals surface area contributed by atoms with Crippen LogP contribution in [0.3, 0.4) is 0 Å². The Balaban J connectivity index is 0.00000144. The predicted octanol–water partition coefficient (Wildman–Crippen LogP) is 2.91. The van der Waals surface area contributed by atoms with E-state index in [0.717, 1.165) is 32.4 Å². The summed E-state index contributed by atoms with van der Waals surface area (Å²) in [6, 6.07) is 6.88. The van der Waals surface area contributed by atoms with E-state index in [4.69, 9.17) is 0 Å². The Bertz CT molecular complexity index is 580. The van der Waals surface area contributed by atoms with E-state index in [2.05, 4.69) is 35.8 Å². The Morgan fingerprint density at radius 2 is 2.09 bits per heavy atom. The highest BCUT2D eigenvalue weighted by atomic mass is 35.5. The minimum Gasteiger partial charge on any atom is -0.349 e. The standard InChI is InChI=1S/C18H24N2O.ClH/c1-12-2-4-14-13(10-12)3-5-16(14)20-17(21)15-11-18(15)6-8-19-9-7-18;/h2,4,10,15-16,19H,3,5-9,11H2,1H3,(H,20,21);1H. The van der Waals surface area contributed by atoms with Crippen molar-refractivity contribution in [1.29, 1.82) is 0 Å². The maximum absolute atomic E-state index is 12.6. The largest absolute Gasteiger partial charge is 0.349 e. The molecule has 1 aromatic rings. The van der Waals surface area contributed by atoms with Crippen LogP contribution in [0.1, 0.15) is 48.4 Å². The number of piperidine rings is 1. The SMILES string of the molecule is Cc1ccc2c(c1)CCC2NC(=O)C1CC12CCNCC2.Cl. The summed E-state index contributed by atoms with van der Waals surface area (Å²) in [6.07, 6.45) is 5.61. The summed E-state index contributed by atoms with van der Waals surface area (Å²) in [4.78, 5) is 12.6. The first-order valence-electron chi connectivity index (χ1n) is 8.28. The lowest BCUT2D eigenvalue weighted by Crippen LogP contribution is -2.34. The molecule has 1 aliphatic heterocycles. The Morgan fingerprint density at radius 3 is 2.86 bits per heavy atom. The second kappa shape index (κ2) is 5.86. The fourth-order valence-electron chi connectivity index (χ4n) is 4.36. The zero-order valence-corrected chi connectivity index (χ0v) is 14.0. The maximum Gasteiger partial charge on any atom is 0.224 e. The van der Waals surface area contributed by atoms with Crippen LogP contribution in [0, 0.1) is 18.3 Å².